The molecule has 3 aromatic rings. The molecule has 1 heterocycles. The summed E-state index contributed by atoms with van der Waals surface area (Å²) < 4.78 is 35.6. The third-order valence-corrected chi connectivity index (χ3v) is 7.56. The Morgan fingerprint density at radius 3 is 2.53 bits per heavy atom. The molecule has 0 saturated heterocycles. The van der Waals surface area contributed by atoms with E-state index >= 15 is 0 Å². The van der Waals surface area contributed by atoms with Gasteiger partial charge in [-0.3, -0.25) is 14.4 Å². The van der Waals surface area contributed by atoms with Crippen molar-refractivity contribution in [3.8, 4) is 5.75 Å². The summed E-state index contributed by atoms with van der Waals surface area (Å²) in [5.74, 6) is -4.19. The fraction of sp³-hybridized carbons (Fsp3) is 0.346. The minimum absolute atomic E-state index is 0.0714. The van der Waals surface area contributed by atoms with Gasteiger partial charge in [0.2, 0.25) is 0 Å². The zero-order chi connectivity index (χ0) is 25.8. The van der Waals surface area contributed by atoms with Crippen LogP contribution in [0.4, 0.5) is 8.78 Å². The zero-order valence-corrected chi connectivity index (χ0v) is 20.8. The second-order valence-corrected chi connectivity index (χ2v) is 10.3. The predicted molar refractivity (Wildman–Crippen MR) is 133 cm³/mol. The maximum absolute atomic E-state index is 14.6. The number of Topliss-reactive ketones (excluding diaryl/α,β-unsaturated/α-hetero) is 1. The molecule has 0 atom stereocenters. The Bertz CT molecular complexity index is 1300. The smallest absolute Gasteiger partial charge is 0.306 e. The molecule has 1 saturated carbocycles. The number of halogens is 3. The summed E-state index contributed by atoms with van der Waals surface area (Å²) in [6.45, 7) is 0.198. The van der Waals surface area contributed by atoms with E-state index in [1.165, 1.54) is 11.3 Å². The summed E-state index contributed by atoms with van der Waals surface area (Å²) >= 11 is 7.30. The molecule has 10 heteroatoms. The average Bonchev–Trinajstić information content (AvgIpc) is 3.27. The van der Waals surface area contributed by atoms with Crippen LogP contribution in [0.1, 0.15) is 58.6 Å². The van der Waals surface area contributed by atoms with Crippen molar-refractivity contribution in [3.05, 3.63) is 63.5 Å². The number of carbonyl (C=O) groups excluding carboxylic acids is 2. The van der Waals surface area contributed by atoms with Crippen molar-refractivity contribution >= 4 is 50.7 Å². The molecule has 1 fully saturated rings. The molecule has 2 N–H and O–H groups in total. The number of benzene rings is 2. The molecule has 1 amide bonds. The average molecular weight is 536 g/mol. The Labute approximate surface area is 215 Å². The van der Waals surface area contributed by atoms with E-state index in [1.54, 1.807) is 18.2 Å². The van der Waals surface area contributed by atoms with Gasteiger partial charge in [-0.1, -0.05) is 11.6 Å². The van der Waals surface area contributed by atoms with Crippen molar-refractivity contribution < 1.29 is 33.0 Å². The number of hydrogen-bond donors (Lipinski definition) is 2. The molecule has 1 aliphatic carbocycles. The van der Waals surface area contributed by atoms with E-state index in [2.05, 4.69) is 5.32 Å². The number of rotatable bonds is 9. The van der Waals surface area contributed by atoms with Gasteiger partial charge >= 0.3 is 5.97 Å². The van der Waals surface area contributed by atoms with Crippen LogP contribution in [-0.2, 0) is 4.79 Å². The van der Waals surface area contributed by atoms with Gasteiger partial charge in [0, 0.05) is 28.8 Å². The highest BCUT2D eigenvalue weighted by Crippen LogP contribution is 2.31. The lowest BCUT2D eigenvalue weighted by Gasteiger charge is -2.27. The summed E-state index contributed by atoms with van der Waals surface area (Å²) in [5.41, 5.74) is -0.373. The first kappa shape index (κ1) is 26.0. The largest absolute Gasteiger partial charge is 0.487 e. The minimum Gasteiger partial charge on any atom is -0.487 e. The Kier molecular flexibility index (Phi) is 8.21. The molecule has 0 bridgehead atoms. The van der Waals surface area contributed by atoms with Crippen LogP contribution in [0.3, 0.4) is 0 Å². The van der Waals surface area contributed by atoms with Crippen LogP contribution >= 0.6 is 22.9 Å². The van der Waals surface area contributed by atoms with Gasteiger partial charge in [-0.2, -0.15) is 0 Å². The second-order valence-electron chi connectivity index (χ2n) is 8.77. The fourth-order valence-electron chi connectivity index (χ4n) is 4.24. The van der Waals surface area contributed by atoms with Crippen molar-refractivity contribution in [2.45, 2.75) is 44.6 Å². The highest BCUT2D eigenvalue weighted by atomic mass is 35.5. The summed E-state index contributed by atoms with van der Waals surface area (Å²) in [4.78, 5) is 36.4. The summed E-state index contributed by atoms with van der Waals surface area (Å²) in [6.07, 6.45) is 1.46. The number of thiophene rings is 1. The first-order valence-corrected chi connectivity index (χ1v) is 12.8. The molecular weight excluding hydrogens is 512 g/mol. The van der Waals surface area contributed by atoms with Crippen molar-refractivity contribution in [1.82, 2.24) is 5.32 Å². The molecule has 6 nitrogen and oxygen atoms in total. The molecule has 1 aliphatic rings. The van der Waals surface area contributed by atoms with Gasteiger partial charge in [-0.25, -0.2) is 8.78 Å². The molecule has 0 radical (unpaired) electrons. The molecule has 190 valence electrons. The van der Waals surface area contributed by atoms with E-state index in [4.69, 9.17) is 21.4 Å². The summed E-state index contributed by atoms with van der Waals surface area (Å²) in [5, 5.41) is 13.2. The Morgan fingerprint density at radius 1 is 1.06 bits per heavy atom. The summed E-state index contributed by atoms with van der Waals surface area (Å²) in [6, 6.07) is 8.80. The van der Waals surface area contributed by atoms with Gasteiger partial charge in [0.1, 0.15) is 5.82 Å². The number of aliphatic carboxylic acids is 1. The van der Waals surface area contributed by atoms with Crippen molar-refractivity contribution in [1.29, 1.82) is 0 Å². The standard InChI is InChI=1S/C26H24ClF2NO5S/c27-16-5-8-23-15(10-16)11-24(36-23)25(32)30-9-1-2-21(31)18-12-20(29)22(13-19(18)28)35-17-6-3-14(4-7-17)26(33)34/h5,8,10-14,17H,1-4,6-7,9H2,(H,30,32)(H,33,34). The topological polar surface area (TPSA) is 92.7 Å². The van der Waals surface area contributed by atoms with E-state index in [-0.39, 0.29) is 36.6 Å². The number of ether oxygens (including phenoxy) is 1. The first-order chi connectivity index (χ1) is 17.2. The lowest BCUT2D eigenvalue weighted by molar-refractivity contribution is -0.143. The van der Waals surface area contributed by atoms with Crippen molar-refractivity contribution in [3.63, 3.8) is 0 Å². The molecule has 4 rings (SSSR count). The van der Waals surface area contributed by atoms with Crippen LogP contribution < -0.4 is 10.1 Å². The Balaban J connectivity index is 1.27. The molecular formula is C26H24ClF2NO5S. The quantitative estimate of drug-likeness (QED) is 0.250. The number of carboxylic acids is 1. The Hall–Kier alpha value is -3.04. The van der Waals surface area contributed by atoms with Crippen LogP contribution in [0.2, 0.25) is 5.02 Å². The van der Waals surface area contributed by atoms with E-state index in [9.17, 15) is 23.2 Å². The second kappa shape index (κ2) is 11.3. The number of ketones is 1. The molecule has 36 heavy (non-hydrogen) atoms. The van der Waals surface area contributed by atoms with Gasteiger partial charge in [0.05, 0.1) is 22.5 Å². The van der Waals surface area contributed by atoms with E-state index in [0.717, 1.165) is 22.2 Å². The number of amides is 1. The van der Waals surface area contributed by atoms with Crippen LogP contribution in [0.15, 0.2) is 36.4 Å². The number of carbonyl (C=O) groups is 3. The lowest BCUT2D eigenvalue weighted by Crippen LogP contribution is -2.28. The molecule has 0 spiro atoms. The van der Waals surface area contributed by atoms with Gasteiger partial charge < -0.3 is 15.2 Å². The monoisotopic (exact) mass is 535 g/mol. The maximum Gasteiger partial charge on any atom is 0.306 e. The van der Waals surface area contributed by atoms with Crippen molar-refractivity contribution in [2.75, 3.05) is 6.54 Å². The van der Waals surface area contributed by atoms with Crippen LogP contribution in [0, 0.1) is 17.6 Å². The zero-order valence-electron chi connectivity index (χ0n) is 19.2. The van der Waals surface area contributed by atoms with Crippen molar-refractivity contribution in [2.24, 2.45) is 5.92 Å². The SMILES string of the molecule is O=C(NCCCC(=O)c1cc(F)c(OC2CCC(C(=O)O)CC2)cc1F)c1cc2cc(Cl)ccc2s1. The third-order valence-electron chi connectivity index (χ3n) is 6.21. The van der Waals surface area contributed by atoms with Crippen LogP contribution in [0.5, 0.6) is 5.75 Å². The molecule has 1 aromatic heterocycles. The summed E-state index contributed by atoms with van der Waals surface area (Å²) in [7, 11) is 0. The number of hydrogen-bond acceptors (Lipinski definition) is 5. The van der Waals surface area contributed by atoms with Crippen LogP contribution in [0.25, 0.3) is 10.1 Å². The Morgan fingerprint density at radius 2 is 1.81 bits per heavy atom. The first-order valence-electron chi connectivity index (χ1n) is 11.6. The van der Waals surface area contributed by atoms with E-state index in [0.29, 0.717) is 35.6 Å². The third kappa shape index (κ3) is 6.20. The number of fused-ring (bicyclic) bond motifs is 1. The number of nitrogens with one attached hydrogen (secondary N) is 1. The highest BCUT2D eigenvalue weighted by Gasteiger charge is 2.28. The normalized spacial score (nSPS) is 17.6. The van der Waals surface area contributed by atoms with Gasteiger partial charge in [0.15, 0.2) is 17.3 Å². The molecule has 0 aliphatic heterocycles. The highest BCUT2D eigenvalue weighted by molar-refractivity contribution is 7.20. The minimum atomic E-state index is -0.886. The number of carboxylic acid groups (broad SMARTS) is 1. The predicted octanol–water partition coefficient (Wildman–Crippen LogP) is 6.25. The van der Waals surface area contributed by atoms with Crippen LogP contribution in [-0.4, -0.2) is 35.4 Å². The lowest BCUT2D eigenvalue weighted by atomic mass is 9.87. The fourth-order valence-corrected chi connectivity index (χ4v) is 5.38. The van der Waals surface area contributed by atoms with Gasteiger partial charge in [-0.05, 0) is 67.8 Å². The maximum atomic E-state index is 14.6. The van der Waals surface area contributed by atoms with E-state index in [1.807, 2.05) is 6.07 Å². The molecule has 2 aromatic carbocycles. The molecule has 0 unspecified atom stereocenters. The van der Waals surface area contributed by atoms with Gasteiger partial charge in [-0.15, -0.1) is 11.3 Å². The van der Waals surface area contributed by atoms with E-state index < -0.39 is 35.4 Å². The van der Waals surface area contributed by atoms with Gasteiger partial charge in [0.25, 0.3) is 5.91 Å².